The number of halogens is 2. The Bertz CT molecular complexity index is 1180. The second kappa shape index (κ2) is 7.96. The number of rotatable bonds is 4. The first-order valence-corrected chi connectivity index (χ1v) is 11.4. The smallest absolute Gasteiger partial charge is 0.272 e. The van der Waals surface area contributed by atoms with E-state index in [1.54, 1.807) is 35.1 Å². The molecule has 0 saturated heterocycles. The summed E-state index contributed by atoms with van der Waals surface area (Å²) >= 11 is 7.02. The van der Waals surface area contributed by atoms with Crippen molar-refractivity contribution < 1.29 is 18.4 Å². The van der Waals surface area contributed by atoms with Crippen LogP contribution in [0.3, 0.4) is 0 Å². The molecule has 1 aliphatic carbocycles. The fourth-order valence-corrected chi connectivity index (χ4v) is 5.14. The van der Waals surface area contributed by atoms with Crippen molar-refractivity contribution in [1.29, 1.82) is 0 Å². The third-order valence-corrected chi connectivity index (χ3v) is 7.21. The highest BCUT2D eigenvalue weighted by molar-refractivity contribution is 6.36. The monoisotopic (exact) mass is 457 g/mol. The summed E-state index contributed by atoms with van der Waals surface area (Å²) in [4.78, 5) is 26.8. The van der Waals surface area contributed by atoms with Crippen molar-refractivity contribution in [3.8, 4) is 0 Å². The van der Waals surface area contributed by atoms with Crippen LogP contribution in [0.2, 0.25) is 0 Å². The first-order chi connectivity index (χ1) is 15.3. The summed E-state index contributed by atoms with van der Waals surface area (Å²) in [6, 6.07) is 9.43. The standard InChI is InChI=1S/C24H25ClFN3O3/c1-15-5-7-18(8-6-15)27-23(31)24(25)14-28-19-9-10-32-21(19)12-20(28)22(30)29(24)13-16-3-2-4-17(26)11-16/h2-4,9-12,15,18H,5-8,13-14H2,1H3,(H,27,31). The molecule has 168 valence electrons. The molecule has 1 unspecified atom stereocenters. The van der Waals surface area contributed by atoms with Crippen LogP contribution in [0, 0.1) is 11.7 Å². The van der Waals surface area contributed by atoms with E-state index in [0.29, 0.717) is 28.3 Å². The molecule has 0 spiro atoms. The van der Waals surface area contributed by atoms with Crippen molar-refractivity contribution in [2.45, 2.75) is 56.7 Å². The van der Waals surface area contributed by atoms with Gasteiger partial charge in [0.05, 0.1) is 18.3 Å². The highest BCUT2D eigenvalue weighted by Crippen LogP contribution is 2.37. The molecule has 2 amide bonds. The van der Waals surface area contributed by atoms with E-state index in [1.807, 2.05) is 0 Å². The molecule has 2 aliphatic rings. The Morgan fingerprint density at radius 2 is 2.03 bits per heavy atom. The number of fused-ring (bicyclic) bond motifs is 3. The maximum Gasteiger partial charge on any atom is 0.272 e. The van der Waals surface area contributed by atoms with Gasteiger partial charge in [0, 0.05) is 24.7 Å². The normalized spacial score (nSPS) is 25.7. The molecule has 6 nitrogen and oxygen atoms in total. The van der Waals surface area contributed by atoms with E-state index in [9.17, 15) is 14.0 Å². The van der Waals surface area contributed by atoms with Crippen LogP contribution in [0.1, 0.15) is 48.7 Å². The van der Waals surface area contributed by atoms with Gasteiger partial charge in [0.1, 0.15) is 11.5 Å². The van der Waals surface area contributed by atoms with Gasteiger partial charge in [0.25, 0.3) is 11.8 Å². The molecular weight excluding hydrogens is 433 g/mol. The van der Waals surface area contributed by atoms with Gasteiger partial charge in [-0.25, -0.2) is 4.39 Å². The maximum atomic E-state index is 13.8. The van der Waals surface area contributed by atoms with E-state index in [1.165, 1.54) is 17.0 Å². The van der Waals surface area contributed by atoms with E-state index in [0.717, 1.165) is 25.7 Å². The second-order valence-electron chi connectivity index (χ2n) is 9.00. The third-order valence-electron chi connectivity index (χ3n) is 6.71. The zero-order chi connectivity index (χ0) is 22.5. The fraction of sp³-hybridized carbons (Fsp3) is 0.417. The zero-order valence-corrected chi connectivity index (χ0v) is 18.6. The van der Waals surface area contributed by atoms with E-state index in [4.69, 9.17) is 16.0 Å². The van der Waals surface area contributed by atoms with E-state index < -0.39 is 22.6 Å². The highest BCUT2D eigenvalue weighted by atomic mass is 35.5. The number of furan rings is 1. The Labute approximate surface area is 190 Å². The number of carbonyl (C=O) groups excluding carboxylic acids is 2. The van der Waals surface area contributed by atoms with Crippen molar-refractivity contribution in [2.24, 2.45) is 5.92 Å². The second-order valence-corrected chi connectivity index (χ2v) is 9.62. The summed E-state index contributed by atoms with van der Waals surface area (Å²) in [5.74, 6) is -0.562. The summed E-state index contributed by atoms with van der Waals surface area (Å²) in [6.07, 6.45) is 5.41. The van der Waals surface area contributed by atoms with Gasteiger partial charge in [-0.2, -0.15) is 0 Å². The van der Waals surface area contributed by atoms with E-state index in [-0.39, 0.29) is 19.1 Å². The molecule has 3 heterocycles. The number of amides is 2. The number of alkyl halides is 1. The molecule has 1 aromatic carbocycles. The molecule has 1 saturated carbocycles. The third kappa shape index (κ3) is 3.58. The highest BCUT2D eigenvalue weighted by Gasteiger charge is 2.50. The van der Waals surface area contributed by atoms with Gasteiger partial charge in [-0.1, -0.05) is 30.7 Å². The largest absolute Gasteiger partial charge is 0.463 e. The Morgan fingerprint density at radius 1 is 1.25 bits per heavy atom. The molecular formula is C24H25ClFN3O3. The van der Waals surface area contributed by atoms with Crippen LogP contribution in [-0.2, 0) is 17.9 Å². The topological polar surface area (TPSA) is 67.5 Å². The maximum absolute atomic E-state index is 13.8. The van der Waals surface area contributed by atoms with Gasteiger partial charge >= 0.3 is 0 Å². The van der Waals surface area contributed by atoms with Crippen LogP contribution in [0.25, 0.3) is 11.1 Å². The lowest BCUT2D eigenvalue weighted by Gasteiger charge is -2.43. The minimum atomic E-state index is -1.65. The number of carbonyl (C=O) groups is 2. The Balaban J connectivity index is 1.51. The SMILES string of the molecule is CC1CCC(NC(=O)C2(Cl)Cn3c(cc4occc43)C(=O)N2Cc2cccc(F)c2)CC1. The molecule has 5 rings (SSSR count). The number of hydrogen-bond donors (Lipinski definition) is 1. The summed E-state index contributed by atoms with van der Waals surface area (Å²) in [5, 5.41) is 3.09. The van der Waals surface area contributed by atoms with Gasteiger partial charge in [-0.15, -0.1) is 0 Å². The number of aromatic nitrogens is 1. The first-order valence-electron chi connectivity index (χ1n) is 11.0. The van der Waals surface area contributed by atoms with Crippen molar-refractivity contribution >= 4 is 34.5 Å². The lowest BCUT2D eigenvalue weighted by molar-refractivity contribution is -0.130. The molecule has 0 radical (unpaired) electrons. The lowest BCUT2D eigenvalue weighted by atomic mass is 9.87. The molecule has 1 atom stereocenters. The van der Waals surface area contributed by atoms with Crippen molar-refractivity contribution in [1.82, 2.24) is 14.8 Å². The molecule has 3 aromatic rings. The quantitative estimate of drug-likeness (QED) is 0.457. The van der Waals surface area contributed by atoms with Crippen LogP contribution in [0.15, 0.2) is 47.1 Å². The van der Waals surface area contributed by atoms with Crippen LogP contribution >= 0.6 is 11.6 Å². The minimum Gasteiger partial charge on any atom is -0.463 e. The van der Waals surface area contributed by atoms with Crippen molar-refractivity contribution in [2.75, 3.05) is 0 Å². The first kappa shape index (κ1) is 21.1. The summed E-state index contributed by atoms with van der Waals surface area (Å²) < 4.78 is 21.0. The average Bonchev–Trinajstić information content (AvgIpc) is 3.35. The molecule has 0 bridgehead atoms. The predicted octanol–water partition coefficient (Wildman–Crippen LogP) is 4.66. The zero-order valence-electron chi connectivity index (χ0n) is 17.8. The molecule has 1 fully saturated rings. The Kier molecular flexibility index (Phi) is 5.24. The number of hydrogen-bond acceptors (Lipinski definition) is 3. The summed E-state index contributed by atoms with van der Waals surface area (Å²) in [7, 11) is 0. The Hall–Kier alpha value is -2.80. The number of nitrogens with one attached hydrogen (secondary N) is 1. The van der Waals surface area contributed by atoms with Gasteiger partial charge in [-0.05, 0) is 49.3 Å². The Morgan fingerprint density at radius 3 is 2.78 bits per heavy atom. The van der Waals surface area contributed by atoms with Gasteiger partial charge < -0.3 is 19.2 Å². The van der Waals surface area contributed by atoms with Crippen LogP contribution in [0.4, 0.5) is 4.39 Å². The van der Waals surface area contributed by atoms with Crippen molar-refractivity contribution in [3.63, 3.8) is 0 Å². The van der Waals surface area contributed by atoms with Gasteiger partial charge in [-0.3, -0.25) is 9.59 Å². The molecule has 2 aromatic heterocycles. The lowest BCUT2D eigenvalue weighted by Crippen LogP contribution is -2.63. The van der Waals surface area contributed by atoms with Crippen molar-refractivity contribution in [3.05, 3.63) is 59.7 Å². The van der Waals surface area contributed by atoms with E-state index in [2.05, 4.69) is 12.2 Å². The minimum absolute atomic E-state index is 0.0156. The average molecular weight is 458 g/mol. The number of nitrogens with zero attached hydrogens (tertiary/aromatic N) is 2. The number of benzene rings is 1. The van der Waals surface area contributed by atoms with Crippen LogP contribution < -0.4 is 5.32 Å². The van der Waals surface area contributed by atoms with Gasteiger partial charge in [0.2, 0.25) is 5.00 Å². The predicted molar refractivity (Wildman–Crippen MR) is 119 cm³/mol. The molecule has 8 heteroatoms. The van der Waals surface area contributed by atoms with Gasteiger partial charge in [0.15, 0.2) is 5.58 Å². The fourth-order valence-electron chi connectivity index (χ4n) is 4.83. The summed E-state index contributed by atoms with van der Waals surface area (Å²) in [5.41, 5.74) is 2.22. The van der Waals surface area contributed by atoms with E-state index >= 15 is 0 Å². The molecule has 32 heavy (non-hydrogen) atoms. The molecule has 1 N–H and O–H groups in total. The molecule has 1 aliphatic heterocycles. The van der Waals surface area contributed by atoms with Crippen LogP contribution in [0.5, 0.6) is 0 Å². The van der Waals surface area contributed by atoms with Crippen LogP contribution in [-0.4, -0.2) is 32.3 Å². The summed E-state index contributed by atoms with van der Waals surface area (Å²) in [6.45, 7) is 2.30.